The summed E-state index contributed by atoms with van der Waals surface area (Å²) in [7, 11) is 1.97. The standard InChI is InChI=1S/C17H23N3O2S/c1-4-15-11(2)7-16(23-15)17(21)19-12-5-6-22-14(8-12)13-9-18-10-20(13)3/h7,9-10,12,14H,4-6,8H2,1-3H3,(H,19,21)/t12-,14+/m1/s1. The van der Waals surface area contributed by atoms with Crippen LogP contribution in [0.15, 0.2) is 18.6 Å². The van der Waals surface area contributed by atoms with Gasteiger partial charge in [0.05, 0.1) is 23.1 Å². The first-order valence-corrected chi connectivity index (χ1v) is 8.88. The average molecular weight is 333 g/mol. The van der Waals surface area contributed by atoms with Gasteiger partial charge in [-0.15, -0.1) is 11.3 Å². The molecule has 1 aliphatic rings. The molecule has 0 bridgehead atoms. The van der Waals surface area contributed by atoms with E-state index in [0.29, 0.717) is 6.61 Å². The second-order valence-electron chi connectivity index (χ2n) is 6.05. The summed E-state index contributed by atoms with van der Waals surface area (Å²) in [4.78, 5) is 18.7. The number of hydrogen-bond donors (Lipinski definition) is 1. The predicted octanol–water partition coefficient (Wildman–Crippen LogP) is 3.00. The Kier molecular flexibility index (Phi) is 4.82. The fourth-order valence-electron chi connectivity index (χ4n) is 3.05. The van der Waals surface area contributed by atoms with E-state index in [-0.39, 0.29) is 18.1 Å². The molecule has 1 aliphatic heterocycles. The Morgan fingerprint density at radius 1 is 1.57 bits per heavy atom. The molecule has 2 aromatic rings. The van der Waals surface area contributed by atoms with Crippen molar-refractivity contribution < 1.29 is 9.53 Å². The zero-order valence-electron chi connectivity index (χ0n) is 13.8. The lowest BCUT2D eigenvalue weighted by atomic mass is 10.0. The number of aromatic nitrogens is 2. The molecule has 3 rings (SSSR count). The summed E-state index contributed by atoms with van der Waals surface area (Å²) < 4.78 is 7.83. The number of aryl methyl sites for hydroxylation is 3. The molecular formula is C17H23N3O2S. The highest BCUT2D eigenvalue weighted by Gasteiger charge is 2.27. The van der Waals surface area contributed by atoms with Crippen molar-refractivity contribution in [3.63, 3.8) is 0 Å². The quantitative estimate of drug-likeness (QED) is 0.936. The molecule has 2 atom stereocenters. The number of carbonyl (C=O) groups excluding carboxylic acids is 1. The molecule has 0 aromatic carbocycles. The van der Waals surface area contributed by atoms with Gasteiger partial charge in [0.1, 0.15) is 6.10 Å². The van der Waals surface area contributed by atoms with Gasteiger partial charge in [0.25, 0.3) is 5.91 Å². The van der Waals surface area contributed by atoms with Gasteiger partial charge >= 0.3 is 0 Å². The molecule has 0 radical (unpaired) electrons. The van der Waals surface area contributed by atoms with Gasteiger partial charge < -0.3 is 14.6 Å². The van der Waals surface area contributed by atoms with E-state index in [1.54, 1.807) is 17.7 Å². The Balaban J connectivity index is 1.65. The number of hydrogen-bond acceptors (Lipinski definition) is 4. The van der Waals surface area contributed by atoms with Crippen LogP contribution in [0.3, 0.4) is 0 Å². The molecule has 1 amide bonds. The highest BCUT2D eigenvalue weighted by molar-refractivity contribution is 7.14. The number of ether oxygens (including phenoxy) is 1. The van der Waals surface area contributed by atoms with Crippen molar-refractivity contribution in [3.8, 4) is 0 Å². The molecule has 23 heavy (non-hydrogen) atoms. The Morgan fingerprint density at radius 3 is 3.04 bits per heavy atom. The summed E-state index contributed by atoms with van der Waals surface area (Å²) in [6, 6.07) is 2.14. The van der Waals surface area contributed by atoms with E-state index in [0.717, 1.165) is 29.8 Å². The number of thiophene rings is 1. The van der Waals surface area contributed by atoms with Gasteiger partial charge in [0.15, 0.2) is 0 Å². The molecule has 2 aromatic heterocycles. The fourth-order valence-corrected chi connectivity index (χ4v) is 4.07. The summed E-state index contributed by atoms with van der Waals surface area (Å²) >= 11 is 1.60. The number of nitrogens with zero attached hydrogens (tertiary/aromatic N) is 2. The van der Waals surface area contributed by atoms with Crippen LogP contribution in [0.1, 0.15) is 51.7 Å². The molecule has 3 heterocycles. The molecule has 5 nitrogen and oxygen atoms in total. The van der Waals surface area contributed by atoms with Crippen LogP contribution in [0, 0.1) is 6.92 Å². The largest absolute Gasteiger partial charge is 0.372 e. The molecule has 6 heteroatoms. The highest BCUT2D eigenvalue weighted by atomic mass is 32.1. The van der Waals surface area contributed by atoms with Crippen molar-refractivity contribution in [2.45, 2.75) is 45.3 Å². The maximum atomic E-state index is 12.5. The first-order valence-electron chi connectivity index (χ1n) is 8.06. The first kappa shape index (κ1) is 16.2. The summed E-state index contributed by atoms with van der Waals surface area (Å²) in [6.45, 7) is 4.85. The topological polar surface area (TPSA) is 56.1 Å². The van der Waals surface area contributed by atoms with Crippen LogP contribution in [0.25, 0.3) is 0 Å². The van der Waals surface area contributed by atoms with Crippen molar-refractivity contribution in [1.82, 2.24) is 14.9 Å². The number of amides is 1. The Morgan fingerprint density at radius 2 is 2.39 bits per heavy atom. The average Bonchev–Trinajstić information content (AvgIpc) is 3.13. The van der Waals surface area contributed by atoms with Gasteiger partial charge in [-0.05, 0) is 37.8 Å². The van der Waals surface area contributed by atoms with Crippen LogP contribution < -0.4 is 5.32 Å². The minimum absolute atomic E-state index is 0.00201. The number of rotatable bonds is 4. The fraction of sp³-hybridized carbons (Fsp3) is 0.529. The molecule has 1 N–H and O–H groups in total. The van der Waals surface area contributed by atoms with E-state index >= 15 is 0 Å². The van der Waals surface area contributed by atoms with E-state index in [2.05, 4.69) is 24.1 Å². The lowest BCUT2D eigenvalue weighted by Gasteiger charge is -2.30. The van der Waals surface area contributed by atoms with Crippen LogP contribution in [0.2, 0.25) is 0 Å². The predicted molar refractivity (Wildman–Crippen MR) is 90.8 cm³/mol. The number of nitrogens with one attached hydrogen (secondary N) is 1. The smallest absolute Gasteiger partial charge is 0.261 e. The SMILES string of the molecule is CCc1sc(C(=O)N[C@@H]2CCO[C@H](c3cncn3C)C2)cc1C. The van der Waals surface area contributed by atoms with Gasteiger partial charge in [-0.2, -0.15) is 0 Å². The van der Waals surface area contributed by atoms with E-state index in [4.69, 9.17) is 4.74 Å². The summed E-state index contributed by atoms with van der Waals surface area (Å²) in [5, 5.41) is 3.17. The summed E-state index contributed by atoms with van der Waals surface area (Å²) in [6.07, 6.45) is 6.23. The van der Waals surface area contributed by atoms with Crippen LogP contribution in [-0.4, -0.2) is 28.1 Å². The summed E-state index contributed by atoms with van der Waals surface area (Å²) in [5.41, 5.74) is 2.27. The van der Waals surface area contributed by atoms with Gasteiger partial charge in [0, 0.05) is 24.6 Å². The van der Waals surface area contributed by atoms with E-state index in [9.17, 15) is 4.79 Å². The van der Waals surface area contributed by atoms with Crippen molar-refractivity contribution in [2.75, 3.05) is 6.61 Å². The van der Waals surface area contributed by atoms with E-state index in [1.165, 1.54) is 10.4 Å². The molecule has 0 unspecified atom stereocenters. The third-order valence-corrected chi connectivity index (χ3v) is 5.75. The van der Waals surface area contributed by atoms with Crippen molar-refractivity contribution in [1.29, 1.82) is 0 Å². The van der Waals surface area contributed by atoms with Crippen LogP contribution in [0.4, 0.5) is 0 Å². The maximum absolute atomic E-state index is 12.5. The molecule has 1 fully saturated rings. The number of carbonyl (C=O) groups is 1. The number of imidazole rings is 1. The zero-order valence-corrected chi connectivity index (χ0v) is 14.7. The van der Waals surface area contributed by atoms with Crippen LogP contribution in [-0.2, 0) is 18.2 Å². The molecule has 0 saturated carbocycles. The van der Waals surface area contributed by atoms with E-state index in [1.807, 2.05) is 23.9 Å². The first-order chi connectivity index (χ1) is 11.1. The van der Waals surface area contributed by atoms with Gasteiger partial charge in [-0.1, -0.05) is 6.92 Å². The summed E-state index contributed by atoms with van der Waals surface area (Å²) in [5.74, 6) is 0.0356. The monoisotopic (exact) mass is 333 g/mol. The highest BCUT2D eigenvalue weighted by Crippen LogP contribution is 2.28. The van der Waals surface area contributed by atoms with Gasteiger partial charge in [-0.3, -0.25) is 4.79 Å². The van der Waals surface area contributed by atoms with Crippen molar-refractivity contribution >= 4 is 17.2 Å². The normalized spacial score (nSPS) is 21.3. The van der Waals surface area contributed by atoms with Gasteiger partial charge in [0.2, 0.25) is 0 Å². The third kappa shape index (κ3) is 3.48. The lowest BCUT2D eigenvalue weighted by molar-refractivity contribution is -0.00298. The Hall–Kier alpha value is -1.66. The lowest BCUT2D eigenvalue weighted by Crippen LogP contribution is -2.39. The second-order valence-corrected chi connectivity index (χ2v) is 7.19. The molecule has 124 valence electrons. The van der Waals surface area contributed by atoms with Crippen molar-refractivity contribution in [2.24, 2.45) is 7.05 Å². The minimum atomic E-state index is -0.00201. The molecule has 1 saturated heterocycles. The zero-order chi connectivity index (χ0) is 16.4. The molecule has 0 aliphatic carbocycles. The van der Waals surface area contributed by atoms with Crippen LogP contribution >= 0.6 is 11.3 Å². The van der Waals surface area contributed by atoms with E-state index < -0.39 is 0 Å². The second kappa shape index (κ2) is 6.84. The third-order valence-electron chi connectivity index (χ3n) is 4.37. The van der Waals surface area contributed by atoms with Crippen LogP contribution in [0.5, 0.6) is 0 Å². The Labute approximate surface area is 140 Å². The minimum Gasteiger partial charge on any atom is -0.372 e. The maximum Gasteiger partial charge on any atom is 0.261 e. The Bertz CT molecular complexity index is 692. The van der Waals surface area contributed by atoms with Crippen molar-refractivity contribution in [3.05, 3.63) is 39.6 Å². The van der Waals surface area contributed by atoms with Gasteiger partial charge in [-0.25, -0.2) is 4.98 Å². The molecular weight excluding hydrogens is 310 g/mol. The molecule has 0 spiro atoms.